The van der Waals surface area contributed by atoms with E-state index in [4.69, 9.17) is 9.47 Å². The van der Waals surface area contributed by atoms with E-state index in [0.717, 1.165) is 4.31 Å². The molecule has 27 heavy (non-hydrogen) atoms. The second-order valence-corrected chi connectivity index (χ2v) is 8.74. The van der Waals surface area contributed by atoms with E-state index in [2.05, 4.69) is 21.2 Å². The van der Waals surface area contributed by atoms with E-state index < -0.39 is 15.9 Å². The molecule has 7 nitrogen and oxygen atoms in total. The number of carbonyl (C=O) groups excluding carboxylic acids is 1. The van der Waals surface area contributed by atoms with Crippen molar-refractivity contribution in [2.75, 3.05) is 28.3 Å². The summed E-state index contributed by atoms with van der Waals surface area (Å²) in [4.78, 5) is 12.8. The van der Waals surface area contributed by atoms with Gasteiger partial charge in [0.15, 0.2) is 0 Å². The normalized spacial score (nSPS) is 11.3. The number of nitrogens with one attached hydrogen (secondary N) is 1. The zero-order valence-corrected chi connectivity index (χ0v) is 17.8. The van der Waals surface area contributed by atoms with Crippen LogP contribution >= 0.6 is 15.9 Å². The first kappa shape index (κ1) is 21.2. The highest BCUT2D eigenvalue weighted by molar-refractivity contribution is 9.10. The Kier molecular flexibility index (Phi) is 6.85. The van der Waals surface area contributed by atoms with Crippen molar-refractivity contribution in [2.45, 2.75) is 11.4 Å². The number of hydrogen-bond donors (Lipinski definition) is 1. The molecule has 0 aliphatic rings. The number of halogens is 1. The number of hydrogen-bond acceptors (Lipinski definition) is 5. The number of ether oxygens (including phenoxy) is 2. The molecule has 9 heteroatoms. The smallest absolute Gasteiger partial charge is 0.255 e. The van der Waals surface area contributed by atoms with Gasteiger partial charge in [0.1, 0.15) is 11.5 Å². The molecule has 0 aromatic heterocycles. The summed E-state index contributed by atoms with van der Waals surface area (Å²) < 4.78 is 37.1. The summed E-state index contributed by atoms with van der Waals surface area (Å²) in [6.07, 6.45) is 0. The minimum absolute atomic E-state index is 0.0417. The van der Waals surface area contributed by atoms with Crippen LogP contribution in [0.4, 0.5) is 0 Å². The summed E-state index contributed by atoms with van der Waals surface area (Å²) in [6, 6.07) is 9.79. The number of amides is 1. The molecule has 0 bridgehead atoms. The molecule has 0 aliphatic heterocycles. The number of methoxy groups -OCH3 is 2. The van der Waals surface area contributed by atoms with E-state index >= 15 is 0 Å². The van der Waals surface area contributed by atoms with Gasteiger partial charge in [0.25, 0.3) is 5.91 Å². The Morgan fingerprint density at radius 1 is 1.15 bits per heavy atom. The second-order valence-electron chi connectivity index (χ2n) is 5.77. The number of carbonyl (C=O) groups is 1. The lowest BCUT2D eigenvalue weighted by Crippen LogP contribution is -2.27. The van der Waals surface area contributed by atoms with Crippen molar-refractivity contribution in [2.24, 2.45) is 0 Å². The molecule has 1 amide bonds. The van der Waals surface area contributed by atoms with Gasteiger partial charge in [0, 0.05) is 20.6 Å². The van der Waals surface area contributed by atoms with Crippen LogP contribution < -0.4 is 14.8 Å². The summed E-state index contributed by atoms with van der Waals surface area (Å²) in [7, 11) is 2.26. The summed E-state index contributed by atoms with van der Waals surface area (Å²) >= 11 is 3.35. The Morgan fingerprint density at radius 2 is 1.81 bits per heavy atom. The number of sulfonamides is 1. The SMILES string of the molecule is COc1cc(Br)c(OC)c(C(=O)NCc2ccccc2S(=O)(=O)N(C)C)c1. The molecular formula is C18H21BrN2O5S. The van der Waals surface area contributed by atoms with Crippen LogP contribution in [0, 0.1) is 0 Å². The zero-order chi connectivity index (χ0) is 20.2. The maximum Gasteiger partial charge on any atom is 0.255 e. The van der Waals surface area contributed by atoms with E-state index in [1.165, 1.54) is 34.4 Å². The number of rotatable bonds is 7. The van der Waals surface area contributed by atoms with Gasteiger partial charge in [-0.15, -0.1) is 0 Å². The minimum atomic E-state index is -3.62. The highest BCUT2D eigenvalue weighted by Gasteiger charge is 2.22. The van der Waals surface area contributed by atoms with Gasteiger partial charge in [0.2, 0.25) is 10.0 Å². The highest BCUT2D eigenvalue weighted by atomic mass is 79.9. The van der Waals surface area contributed by atoms with Crippen molar-refractivity contribution < 1.29 is 22.7 Å². The molecule has 1 N–H and O–H groups in total. The van der Waals surface area contributed by atoms with E-state index in [1.54, 1.807) is 30.3 Å². The zero-order valence-electron chi connectivity index (χ0n) is 15.4. The predicted octanol–water partition coefficient (Wildman–Crippen LogP) is 2.65. The van der Waals surface area contributed by atoms with Gasteiger partial charge in [-0.3, -0.25) is 4.79 Å². The van der Waals surface area contributed by atoms with Crippen LogP contribution in [0.2, 0.25) is 0 Å². The van der Waals surface area contributed by atoms with Gasteiger partial charge in [-0.05, 0) is 39.7 Å². The fourth-order valence-electron chi connectivity index (χ4n) is 2.43. The molecule has 0 saturated carbocycles. The Bertz CT molecular complexity index is 945. The van der Waals surface area contributed by atoms with Gasteiger partial charge in [-0.2, -0.15) is 0 Å². The highest BCUT2D eigenvalue weighted by Crippen LogP contribution is 2.33. The lowest BCUT2D eigenvalue weighted by Gasteiger charge is -2.16. The van der Waals surface area contributed by atoms with Crippen LogP contribution in [0.15, 0.2) is 45.8 Å². The molecular weight excluding hydrogens is 436 g/mol. The summed E-state index contributed by atoms with van der Waals surface area (Å²) in [5, 5.41) is 2.74. The van der Waals surface area contributed by atoms with Crippen LogP contribution in [0.3, 0.4) is 0 Å². The van der Waals surface area contributed by atoms with Crippen molar-refractivity contribution in [3.05, 3.63) is 52.0 Å². The van der Waals surface area contributed by atoms with E-state index in [9.17, 15) is 13.2 Å². The second kappa shape index (κ2) is 8.73. The van der Waals surface area contributed by atoms with Gasteiger partial charge in [-0.25, -0.2) is 12.7 Å². The van der Waals surface area contributed by atoms with Gasteiger partial charge in [0.05, 0.1) is 29.2 Å². The van der Waals surface area contributed by atoms with Crippen LogP contribution in [-0.4, -0.2) is 46.9 Å². The lowest BCUT2D eigenvalue weighted by molar-refractivity contribution is 0.0947. The van der Waals surface area contributed by atoms with Crippen LogP contribution in [0.5, 0.6) is 11.5 Å². The van der Waals surface area contributed by atoms with Crippen molar-refractivity contribution in [1.29, 1.82) is 0 Å². The molecule has 0 unspecified atom stereocenters. The van der Waals surface area contributed by atoms with E-state index in [0.29, 0.717) is 21.5 Å². The maximum absolute atomic E-state index is 12.7. The van der Waals surface area contributed by atoms with Crippen LogP contribution in [0.1, 0.15) is 15.9 Å². The number of nitrogens with zero attached hydrogens (tertiary/aromatic N) is 1. The fourth-order valence-corrected chi connectivity index (χ4v) is 4.15. The average Bonchev–Trinajstić information content (AvgIpc) is 2.65. The molecule has 0 atom stereocenters. The molecule has 0 fully saturated rings. The Morgan fingerprint density at radius 3 is 2.41 bits per heavy atom. The Balaban J connectivity index is 2.32. The molecule has 0 heterocycles. The minimum Gasteiger partial charge on any atom is -0.497 e. The molecule has 146 valence electrons. The third-order valence-electron chi connectivity index (χ3n) is 3.87. The largest absolute Gasteiger partial charge is 0.497 e. The first-order valence-corrected chi connectivity index (χ1v) is 10.2. The van der Waals surface area contributed by atoms with Crippen molar-refractivity contribution in [1.82, 2.24) is 9.62 Å². The molecule has 0 spiro atoms. The monoisotopic (exact) mass is 456 g/mol. The molecule has 2 aromatic rings. The summed E-state index contributed by atoms with van der Waals surface area (Å²) in [5.41, 5.74) is 0.761. The van der Waals surface area contributed by atoms with E-state index in [-0.39, 0.29) is 17.0 Å². The standard InChI is InChI=1S/C18H21BrN2O5S/c1-21(2)27(23,24)16-8-6-5-7-12(16)11-20-18(22)14-9-13(25-3)10-15(19)17(14)26-4/h5-10H,11H2,1-4H3,(H,20,22). The molecule has 2 aromatic carbocycles. The van der Waals surface area contributed by atoms with Crippen molar-refractivity contribution in [3.63, 3.8) is 0 Å². The van der Waals surface area contributed by atoms with Crippen LogP contribution in [0.25, 0.3) is 0 Å². The quantitative estimate of drug-likeness (QED) is 0.691. The topological polar surface area (TPSA) is 84.9 Å². The Hall–Kier alpha value is -2.10. The van der Waals surface area contributed by atoms with Crippen molar-refractivity contribution >= 4 is 31.9 Å². The molecule has 0 aliphatic carbocycles. The molecule has 2 rings (SSSR count). The number of benzene rings is 2. The molecule has 0 saturated heterocycles. The van der Waals surface area contributed by atoms with Gasteiger partial charge in [-0.1, -0.05) is 18.2 Å². The Labute approximate surface area is 167 Å². The van der Waals surface area contributed by atoms with E-state index in [1.807, 2.05) is 0 Å². The third kappa shape index (κ3) is 4.60. The van der Waals surface area contributed by atoms with Crippen molar-refractivity contribution in [3.8, 4) is 11.5 Å². The maximum atomic E-state index is 12.7. The van der Waals surface area contributed by atoms with Gasteiger partial charge >= 0.3 is 0 Å². The fraction of sp³-hybridized carbons (Fsp3) is 0.278. The predicted molar refractivity (Wildman–Crippen MR) is 106 cm³/mol. The third-order valence-corrected chi connectivity index (χ3v) is 6.38. The summed E-state index contributed by atoms with van der Waals surface area (Å²) in [5.74, 6) is 0.439. The van der Waals surface area contributed by atoms with Gasteiger partial charge < -0.3 is 14.8 Å². The lowest BCUT2D eigenvalue weighted by atomic mass is 10.1. The first-order chi connectivity index (χ1) is 12.7. The average molecular weight is 457 g/mol. The summed E-state index contributed by atoms with van der Waals surface area (Å²) in [6.45, 7) is 0.0417. The first-order valence-electron chi connectivity index (χ1n) is 7.92. The van der Waals surface area contributed by atoms with Crippen LogP contribution in [-0.2, 0) is 16.6 Å². The molecule has 0 radical (unpaired) electrons.